The lowest BCUT2D eigenvalue weighted by Gasteiger charge is -2.28. The third kappa shape index (κ3) is 4.93. The lowest BCUT2D eigenvalue weighted by atomic mass is 10.1. The summed E-state index contributed by atoms with van der Waals surface area (Å²) in [5, 5.41) is 0. The van der Waals surface area contributed by atoms with Gasteiger partial charge in [0.2, 0.25) is 0 Å². The van der Waals surface area contributed by atoms with Gasteiger partial charge < -0.3 is 9.80 Å². The number of para-hydroxylation sites is 2. The van der Waals surface area contributed by atoms with E-state index in [9.17, 15) is 0 Å². The highest BCUT2D eigenvalue weighted by Crippen LogP contribution is 2.39. The minimum Gasteiger partial charge on any atom is -0.311 e. The van der Waals surface area contributed by atoms with Gasteiger partial charge in [-0.05, 0) is 97.1 Å². The van der Waals surface area contributed by atoms with Gasteiger partial charge in [0.05, 0.1) is 0 Å². The largest absolute Gasteiger partial charge is 0.311 e. The minimum atomic E-state index is 1.06. The van der Waals surface area contributed by atoms with Crippen LogP contribution in [0, 0.1) is 0 Å². The van der Waals surface area contributed by atoms with Crippen LogP contribution in [0.2, 0.25) is 0 Å². The van der Waals surface area contributed by atoms with Crippen LogP contribution in [0.4, 0.5) is 34.1 Å². The summed E-state index contributed by atoms with van der Waals surface area (Å²) in [4.78, 5) is 4.53. The van der Waals surface area contributed by atoms with Crippen LogP contribution in [0.3, 0.4) is 0 Å². The first-order valence-electron chi connectivity index (χ1n) is 11.0. The lowest BCUT2D eigenvalue weighted by molar-refractivity contribution is 1.25. The van der Waals surface area contributed by atoms with E-state index in [2.05, 4.69) is 163 Å². The highest BCUT2D eigenvalue weighted by atomic mass is 79.9. The molecule has 5 aromatic rings. The van der Waals surface area contributed by atoms with E-state index in [-0.39, 0.29) is 0 Å². The SMILES string of the molecule is Brc1ccc(N(c2ccccc2)c2ccc(N(c3ccccc3)c3ccc(Br)cc3)cc2)cc1. The zero-order valence-corrected chi connectivity index (χ0v) is 21.5. The van der Waals surface area contributed by atoms with Crippen molar-refractivity contribution in [2.75, 3.05) is 9.80 Å². The van der Waals surface area contributed by atoms with E-state index < -0.39 is 0 Å². The molecule has 4 heteroatoms. The molecule has 0 saturated carbocycles. The second-order valence-corrected chi connectivity index (χ2v) is 9.64. The predicted molar refractivity (Wildman–Crippen MR) is 151 cm³/mol. The van der Waals surface area contributed by atoms with Crippen LogP contribution >= 0.6 is 31.9 Å². The van der Waals surface area contributed by atoms with Gasteiger partial charge in [0.15, 0.2) is 0 Å². The normalized spacial score (nSPS) is 10.6. The highest BCUT2D eigenvalue weighted by molar-refractivity contribution is 9.10. The Morgan fingerprint density at radius 1 is 0.294 bits per heavy atom. The third-order valence-electron chi connectivity index (χ3n) is 5.56. The van der Waals surface area contributed by atoms with Crippen LogP contribution in [-0.2, 0) is 0 Å². The Hall–Kier alpha value is -3.34. The van der Waals surface area contributed by atoms with Gasteiger partial charge in [-0.3, -0.25) is 0 Å². The summed E-state index contributed by atoms with van der Waals surface area (Å²) in [6.45, 7) is 0. The van der Waals surface area contributed by atoms with E-state index >= 15 is 0 Å². The maximum atomic E-state index is 3.55. The Bertz CT molecular complexity index is 1230. The van der Waals surface area contributed by atoms with Crippen molar-refractivity contribution in [2.24, 2.45) is 0 Å². The number of rotatable bonds is 6. The summed E-state index contributed by atoms with van der Waals surface area (Å²) in [6.07, 6.45) is 0. The quantitative estimate of drug-likeness (QED) is 0.201. The standard InChI is InChI=1S/C30H22Br2N2/c31-23-11-15-27(16-12-23)33(25-7-3-1-4-8-25)29-19-21-30(22-20-29)34(26-9-5-2-6-10-26)28-17-13-24(32)14-18-28/h1-22H. The van der Waals surface area contributed by atoms with Crippen molar-refractivity contribution in [1.82, 2.24) is 0 Å². The molecule has 0 atom stereocenters. The van der Waals surface area contributed by atoms with Crippen molar-refractivity contribution < 1.29 is 0 Å². The molecule has 34 heavy (non-hydrogen) atoms. The van der Waals surface area contributed by atoms with Crippen molar-refractivity contribution in [1.29, 1.82) is 0 Å². The molecule has 166 valence electrons. The van der Waals surface area contributed by atoms with Gasteiger partial charge in [-0.25, -0.2) is 0 Å². The van der Waals surface area contributed by atoms with Gasteiger partial charge in [-0.2, -0.15) is 0 Å². The van der Waals surface area contributed by atoms with Crippen LogP contribution in [-0.4, -0.2) is 0 Å². The molecule has 5 rings (SSSR count). The van der Waals surface area contributed by atoms with Crippen LogP contribution in [0.5, 0.6) is 0 Å². The fourth-order valence-electron chi connectivity index (χ4n) is 3.98. The predicted octanol–water partition coefficient (Wildman–Crippen LogP) is 10.2. The number of hydrogen-bond acceptors (Lipinski definition) is 2. The summed E-state index contributed by atoms with van der Waals surface area (Å²) < 4.78 is 2.13. The molecule has 5 aromatic carbocycles. The Morgan fingerprint density at radius 2 is 0.529 bits per heavy atom. The van der Waals surface area contributed by atoms with E-state index in [0.717, 1.165) is 43.1 Å². The molecule has 0 aliphatic heterocycles. The molecule has 0 amide bonds. The Balaban J connectivity index is 1.57. The number of hydrogen-bond donors (Lipinski definition) is 0. The van der Waals surface area contributed by atoms with E-state index in [0.29, 0.717) is 0 Å². The van der Waals surface area contributed by atoms with Gasteiger partial charge in [0.1, 0.15) is 0 Å². The van der Waals surface area contributed by atoms with Crippen molar-refractivity contribution in [3.8, 4) is 0 Å². The summed E-state index contributed by atoms with van der Waals surface area (Å²) >= 11 is 7.11. The first-order valence-corrected chi connectivity index (χ1v) is 12.6. The Kier molecular flexibility index (Phi) is 6.79. The zero-order valence-electron chi connectivity index (χ0n) is 18.4. The molecule has 0 aliphatic rings. The molecule has 0 spiro atoms. The second-order valence-electron chi connectivity index (χ2n) is 7.81. The number of halogens is 2. The molecule has 0 N–H and O–H groups in total. The van der Waals surface area contributed by atoms with Gasteiger partial charge in [0, 0.05) is 43.1 Å². The molecule has 0 bridgehead atoms. The molecule has 0 unspecified atom stereocenters. The highest BCUT2D eigenvalue weighted by Gasteiger charge is 2.15. The van der Waals surface area contributed by atoms with Gasteiger partial charge in [-0.1, -0.05) is 68.3 Å². The molecular formula is C30H22Br2N2. The number of nitrogens with zero attached hydrogens (tertiary/aromatic N) is 2. The lowest BCUT2D eigenvalue weighted by Crippen LogP contribution is -2.12. The van der Waals surface area contributed by atoms with Crippen LogP contribution in [0.25, 0.3) is 0 Å². The maximum Gasteiger partial charge on any atom is 0.0463 e. The molecule has 0 fully saturated rings. The van der Waals surface area contributed by atoms with E-state index in [1.54, 1.807) is 0 Å². The van der Waals surface area contributed by atoms with Gasteiger partial charge in [0.25, 0.3) is 0 Å². The van der Waals surface area contributed by atoms with Crippen LogP contribution < -0.4 is 9.80 Å². The molecular weight excluding hydrogens is 548 g/mol. The van der Waals surface area contributed by atoms with Gasteiger partial charge in [-0.15, -0.1) is 0 Å². The average Bonchev–Trinajstić information content (AvgIpc) is 2.89. The van der Waals surface area contributed by atoms with E-state index in [4.69, 9.17) is 0 Å². The minimum absolute atomic E-state index is 1.06. The Labute approximate surface area is 217 Å². The fourth-order valence-corrected chi connectivity index (χ4v) is 4.51. The summed E-state index contributed by atoms with van der Waals surface area (Å²) in [5.74, 6) is 0. The van der Waals surface area contributed by atoms with E-state index in [1.165, 1.54) is 0 Å². The monoisotopic (exact) mass is 568 g/mol. The molecule has 0 radical (unpaired) electrons. The summed E-state index contributed by atoms with van der Waals surface area (Å²) in [6, 6.07) is 46.4. The number of benzene rings is 5. The fraction of sp³-hybridized carbons (Fsp3) is 0. The summed E-state index contributed by atoms with van der Waals surface area (Å²) in [7, 11) is 0. The second kappa shape index (κ2) is 10.3. The average molecular weight is 570 g/mol. The van der Waals surface area contributed by atoms with Crippen molar-refractivity contribution in [2.45, 2.75) is 0 Å². The van der Waals surface area contributed by atoms with Gasteiger partial charge >= 0.3 is 0 Å². The Morgan fingerprint density at radius 3 is 0.824 bits per heavy atom. The van der Waals surface area contributed by atoms with Crippen LogP contribution in [0.15, 0.2) is 142 Å². The molecule has 0 aliphatic carbocycles. The molecule has 0 saturated heterocycles. The van der Waals surface area contributed by atoms with Crippen molar-refractivity contribution in [3.05, 3.63) is 142 Å². The first kappa shape index (κ1) is 22.5. The number of anilines is 6. The topological polar surface area (TPSA) is 6.48 Å². The van der Waals surface area contributed by atoms with Crippen molar-refractivity contribution >= 4 is 66.0 Å². The smallest absolute Gasteiger partial charge is 0.0463 e. The van der Waals surface area contributed by atoms with Crippen molar-refractivity contribution in [3.63, 3.8) is 0 Å². The molecule has 0 heterocycles. The summed E-state index contributed by atoms with van der Waals surface area (Å²) in [5.41, 5.74) is 6.64. The maximum absolute atomic E-state index is 3.55. The molecule has 0 aromatic heterocycles. The zero-order chi connectivity index (χ0) is 23.3. The molecule has 2 nitrogen and oxygen atoms in total. The van der Waals surface area contributed by atoms with Crippen LogP contribution in [0.1, 0.15) is 0 Å². The third-order valence-corrected chi connectivity index (χ3v) is 6.62. The van der Waals surface area contributed by atoms with E-state index in [1.807, 2.05) is 12.1 Å². The first-order chi connectivity index (χ1) is 16.7.